The largest absolute Gasteiger partial charge is 0.497 e. The number of benzene rings is 2. The van der Waals surface area contributed by atoms with Gasteiger partial charge in [-0.15, -0.1) is 0 Å². The van der Waals surface area contributed by atoms with Gasteiger partial charge in [-0.1, -0.05) is 18.2 Å². The number of carbonyl (C=O) groups excluding carboxylic acids is 1. The first kappa shape index (κ1) is 22.4. The molecule has 1 aromatic heterocycles. The van der Waals surface area contributed by atoms with E-state index >= 15 is 0 Å². The van der Waals surface area contributed by atoms with Gasteiger partial charge in [0.2, 0.25) is 5.91 Å². The molecule has 0 unspecified atom stereocenters. The lowest BCUT2D eigenvalue weighted by Gasteiger charge is -2.23. The standard InChI is InChI=1S/C27H29N3O3/c1-32-25-13-9-24(10-14-25)29-17-4-18-30(20-19-29)27(31)15-8-22-6-11-26(12-7-22)33-21-23-5-2-3-16-28-23/h2-3,5-16H,4,17-21H2,1H3/b15-8+. The van der Waals surface area contributed by atoms with Crippen LogP contribution in [0, 0.1) is 0 Å². The predicted octanol–water partition coefficient (Wildman–Crippen LogP) is 4.42. The number of hydrogen-bond acceptors (Lipinski definition) is 5. The van der Waals surface area contributed by atoms with E-state index in [9.17, 15) is 4.79 Å². The molecule has 6 nitrogen and oxygen atoms in total. The van der Waals surface area contributed by atoms with Crippen LogP contribution in [-0.4, -0.2) is 49.1 Å². The summed E-state index contributed by atoms with van der Waals surface area (Å²) in [5.41, 5.74) is 3.00. The van der Waals surface area contributed by atoms with E-state index in [0.717, 1.165) is 54.5 Å². The Hall–Kier alpha value is -3.80. The molecule has 0 N–H and O–H groups in total. The van der Waals surface area contributed by atoms with Crippen LogP contribution in [-0.2, 0) is 11.4 Å². The van der Waals surface area contributed by atoms with Gasteiger partial charge in [0.15, 0.2) is 0 Å². The third-order valence-corrected chi connectivity index (χ3v) is 5.66. The molecule has 6 heteroatoms. The summed E-state index contributed by atoms with van der Waals surface area (Å²) in [7, 11) is 1.67. The maximum absolute atomic E-state index is 12.7. The number of methoxy groups -OCH3 is 1. The number of nitrogens with zero attached hydrogens (tertiary/aromatic N) is 3. The minimum Gasteiger partial charge on any atom is -0.497 e. The summed E-state index contributed by atoms with van der Waals surface area (Å²) in [6.45, 7) is 3.64. The molecule has 2 heterocycles. The van der Waals surface area contributed by atoms with Crippen molar-refractivity contribution in [2.45, 2.75) is 13.0 Å². The Labute approximate surface area is 195 Å². The summed E-state index contributed by atoms with van der Waals surface area (Å²) in [6, 6.07) is 21.6. The van der Waals surface area contributed by atoms with Crippen molar-refractivity contribution in [3.63, 3.8) is 0 Å². The van der Waals surface area contributed by atoms with Crippen molar-refractivity contribution in [1.82, 2.24) is 9.88 Å². The van der Waals surface area contributed by atoms with E-state index in [4.69, 9.17) is 9.47 Å². The first-order valence-corrected chi connectivity index (χ1v) is 11.2. The van der Waals surface area contributed by atoms with Gasteiger partial charge in [0.25, 0.3) is 0 Å². The van der Waals surface area contributed by atoms with Crippen molar-refractivity contribution in [2.75, 3.05) is 38.2 Å². The van der Waals surface area contributed by atoms with Gasteiger partial charge in [0, 0.05) is 44.1 Å². The number of ether oxygens (including phenoxy) is 2. The van der Waals surface area contributed by atoms with Crippen LogP contribution in [0.5, 0.6) is 11.5 Å². The Balaban J connectivity index is 1.28. The van der Waals surface area contributed by atoms with Crippen molar-refractivity contribution in [3.8, 4) is 11.5 Å². The lowest BCUT2D eigenvalue weighted by atomic mass is 10.2. The molecule has 0 bridgehead atoms. The van der Waals surface area contributed by atoms with Gasteiger partial charge in [0.05, 0.1) is 12.8 Å². The first-order valence-electron chi connectivity index (χ1n) is 11.2. The van der Waals surface area contributed by atoms with Gasteiger partial charge in [-0.05, 0) is 66.6 Å². The van der Waals surface area contributed by atoms with Crippen molar-refractivity contribution < 1.29 is 14.3 Å². The third kappa shape index (κ3) is 6.35. The van der Waals surface area contributed by atoms with Gasteiger partial charge in [-0.25, -0.2) is 0 Å². The fourth-order valence-electron chi connectivity index (χ4n) is 3.78. The molecule has 1 aliphatic rings. The lowest BCUT2D eigenvalue weighted by molar-refractivity contribution is -0.125. The van der Waals surface area contributed by atoms with E-state index in [1.54, 1.807) is 19.4 Å². The van der Waals surface area contributed by atoms with Crippen LogP contribution in [0.15, 0.2) is 79.0 Å². The number of carbonyl (C=O) groups is 1. The number of aromatic nitrogens is 1. The zero-order valence-electron chi connectivity index (χ0n) is 18.9. The second kappa shape index (κ2) is 11.2. The van der Waals surface area contributed by atoms with E-state index in [2.05, 4.69) is 22.0 Å². The molecule has 3 aromatic rings. The molecule has 1 aliphatic heterocycles. The van der Waals surface area contributed by atoms with E-state index in [1.165, 1.54) is 0 Å². The van der Waals surface area contributed by atoms with Gasteiger partial charge in [-0.3, -0.25) is 9.78 Å². The lowest BCUT2D eigenvalue weighted by Crippen LogP contribution is -2.34. The smallest absolute Gasteiger partial charge is 0.246 e. The molecule has 0 spiro atoms. The molecule has 170 valence electrons. The Morgan fingerprint density at radius 1 is 0.939 bits per heavy atom. The second-order valence-corrected chi connectivity index (χ2v) is 7.88. The first-order chi connectivity index (χ1) is 16.2. The monoisotopic (exact) mass is 443 g/mol. The fraction of sp³-hybridized carbons (Fsp3) is 0.259. The van der Waals surface area contributed by atoms with Crippen LogP contribution in [0.2, 0.25) is 0 Å². The fourth-order valence-corrected chi connectivity index (χ4v) is 3.78. The molecule has 1 fully saturated rings. The highest BCUT2D eigenvalue weighted by atomic mass is 16.5. The number of rotatable bonds is 7. The molecule has 0 radical (unpaired) electrons. The van der Waals surface area contributed by atoms with Crippen molar-refractivity contribution in [1.29, 1.82) is 0 Å². The predicted molar refractivity (Wildman–Crippen MR) is 130 cm³/mol. The Kier molecular flexibility index (Phi) is 7.59. The average molecular weight is 444 g/mol. The van der Waals surface area contributed by atoms with Crippen LogP contribution < -0.4 is 14.4 Å². The number of hydrogen-bond donors (Lipinski definition) is 0. The molecule has 1 saturated heterocycles. The molecule has 0 saturated carbocycles. The summed E-state index contributed by atoms with van der Waals surface area (Å²) in [5.74, 6) is 1.67. The maximum atomic E-state index is 12.7. The highest BCUT2D eigenvalue weighted by Gasteiger charge is 2.17. The third-order valence-electron chi connectivity index (χ3n) is 5.66. The molecule has 0 aliphatic carbocycles. The van der Waals surface area contributed by atoms with Crippen LogP contribution in [0.1, 0.15) is 17.7 Å². The van der Waals surface area contributed by atoms with E-state index in [-0.39, 0.29) is 5.91 Å². The topological polar surface area (TPSA) is 54.9 Å². The SMILES string of the molecule is COc1ccc(N2CCCN(C(=O)/C=C/c3ccc(OCc4ccccn4)cc3)CC2)cc1. The molecule has 1 amide bonds. The summed E-state index contributed by atoms with van der Waals surface area (Å²) < 4.78 is 11.0. The Morgan fingerprint density at radius 2 is 1.73 bits per heavy atom. The van der Waals surface area contributed by atoms with Crippen molar-refractivity contribution in [3.05, 3.63) is 90.3 Å². The zero-order chi connectivity index (χ0) is 22.9. The highest BCUT2D eigenvalue weighted by molar-refractivity contribution is 5.91. The summed E-state index contributed by atoms with van der Waals surface area (Å²) in [4.78, 5) is 21.2. The summed E-state index contributed by atoms with van der Waals surface area (Å²) in [6.07, 6.45) is 6.21. The number of anilines is 1. The van der Waals surface area contributed by atoms with Gasteiger partial charge >= 0.3 is 0 Å². The van der Waals surface area contributed by atoms with Gasteiger partial charge < -0.3 is 19.3 Å². The average Bonchev–Trinajstić information content (AvgIpc) is 3.14. The zero-order valence-corrected chi connectivity index (χ0v) is 18.9. The molecule has 0 atom stereocenters. The second-order valence-electron chi connectivity index (χ2n) is 7.88. The number of amides is 1. The molecular formula is C27H29N3O3. The highest BCUT2D eigenvalue weighted by Crippen LogP contribution is 2.21. The summed E-state index contributed by atoms with van der Waals surface area (Å²) >= 11 is 0. The van der Waals surface area contributed by atoms with Crippen molar-refractivity contribution >= 4 is 17.7 Å². The normalized spacial score (nSPS) is 14.2. The Morgan fingerprint density at radius 3 is 2.45 bits per heavy atom. The van der Waals surface area contributed by atoms with Crippen LogP contribution in [0.3, 0.4) is 0 Å². The quantitative estimate of drug-likeness (QED) is 0.506. The summed E-state index contributed by atoms with van der Waals surface area (Å²) in [5, 5.41) is 0. The van der Waals surface area contributed by atoms with Crippen molar-refractivity contribution in [2.24, 2.45) is 0 Å². The van der Waals surface area contributed by atoms with Gasteiger partial charge in [-0.2, -0.15) is 0 Å². The van der Waals surface area contributed by atoms with Crippen LogP contribution in [0.4, 0.5) is 5.69 Å². The van der Waals surface area contributed by atoms with Crippen LogP contribution >= 0.6 is 0 Å². The maximum Gasteiger partial charge on any atom is 0.246 e. The van der Waals surface area contributed by atoms with E-state index in [0.29, 0.717) is 13.2 Å². The molecule has 4 rings (SSSR count). The molecule has 2 aromatic carbocycles. The molecule has 33 heavy (non-hydrogen) atoms. The van der Waals surface area contributed by atoms with E-state index in [1.807, 2.05) is 65.6 Å². The van der Waals surface area contributed by atoms with Gasteiger partial charge in [0.1, 0.15) is 18.1 Å². The van der Waals surface area contributed by atoms with E-state index < -0.39 is 0 Å². The minimum absolute atomic E-state index is 0.0436. The molecular weight excluding hydrogens is 414 g/mol. The number of pyridine rings is 1. The Bertz CT molecular complexity index is 1050. The minimum atomic E-state index is 0.0436. The van der Waals surface area contributed by atoms with Crippen LogP contribution in [0.25, 0.3) is 6.08 Å².